The van der Waals surface area contributed by atoms with Crippen molar-refractivity contribution in [3.63, 3.8) is 0 Å². The zero-order chi connectivity index (χ0) is 14.2. The van der Waals surface area contributed by atoms with E-state index in [0.717, 1.165) is 11.0 Å². The van der Waals surface area contributed by atoms with E-state index in [1.807, 2.05) is 0 Å². The molecule has 0 fully saturated rings. The van der Waals surface area contributed by atoms with E-state index in [1.54, 1.807) is 0 Å². The maximum atomic E-state index is 13.6. The third-order valence-corrected chi connectivity index (χ3v) is 2.75. The van der Waals surface area contributed by atoms with Crippen molar-refractivity contribution < 1.29 is 28.3 Å². The number of anilines is 1. The van der Waals surface area contributed by atoms with Gasteiger partial charge in [-0.05, 0) is 12.5 Å². The number of fused-ring (bicyclic) bond motifs is 1. The Labute approximate surface area is 106 Å². The molecule has 1 aliphatic rings. The Kier molecular flexibility index (Phi) is 3.28. The average Bonchev–Trinajstić information content (AvgIpc) is 2.54. The van der Waals surface area contributed by atoms with Crippen LogP contribution in [-0.2, 0) is 9.59 Å². The molecule has 0 bridgehead atoms. The summed E-state index contributed by atoms with van der Waals surface area (Å²) in [5.41, 5.74) is -0.598. The van der Waals surface area contributed by atoms with Gasteiger partial charge in [-0.3, -0.25) is 14.4 Å². The third-order valence-electron chi connectivity index (χ3n) is 2.75. The van der Waals surface area contributed by atoms with E-state index in [0.29, 0.717) is 6.07 Å². The summed E-state index contributed by atoms with van der Waals surface area (Å²) in [6, 6.07) is 1.38. The Morgan fingerprint density at radius 3 is 2.58 bits per heavy atom. The largest absolute Gasteiger partial charge is 0.481 e. The molecule has 100 valence electrons. The van der Waals surface area contributed by atoms with Crippen LogP contribution in [0.3, 0.4) is 0 Å². The number of ketones is 1. The van der Waals surface area contributed by atoms with E-state index in [4.69, 9.17) is 5.11 Å². The minimum atomic E-state index is -1.06. The van der Waals surface area contributed by atoms with Gasteiger partial charge in [-0.15, -0.1) is 0 Å². The standard InChI is InChI=1S/C12H9F2NO4/c13-6-4-7-10(8(14)5-6)15(12(19)11(7)18)3-1-2-9(16)17/h4-5H,1-3H2,(H,16,17). The van der Waals surface area contributed by atoms with Crippen molar-refractivity contribution in [2.24, 2.45) is 0 Å². The van der Waals surface area contributed by atoms with Crippen molar-refractivity contribution in [1.82, 2.24) is 0 Å². The number of carboxylic acid groups (broad SMARTS) is 1. The fraction of sp³-hybridized carbons (Fsp3) is 0.250. The summed E-state index contributed by atoms with van der Waals surface area (Å²) in [6.45, 7) is -0.105. The normalized spacial score (nSPS) is 13.9. The first-order valence-electron chi connectivity index (χ1n) is 5.49. The number of hydrogen-bond donors (Lipinski definition) is 1. The maximum Gasteiger partial charge on any atom is 0.303 e. The summed E-state index contributed by atoms with van der Waals surface area (Å²) >= 11 is 0. The highest BCUT2D eigenvalue weighted by molar-refractivity contribution is 6.52. The third kappa shape index (κ3) is 2.31. The lowest BCUT2D eigenvalue weighted by Crippen LogP contribution is -2.31. The lowest BCUT2D eigenvalue weighted by atomic mass is 10.1. The van der Waals surface area contributed by atoms with E-state index in [9.17, 15) is 23.2 Å². The molecule has 0 unspecified atom stereocenters. The monoisotopic (exact) mass is 269 g/mol. The summed E-state index contributed by atoms with van der Waals surface area (Å²) in [5.74, 6) is -4.96. The molecular formula is C12H9F2NO4. The summed E-state index contributed by atoms with van der Waals surface area (Å²) in [7, 11) is 0. The zero-order valence-electron chi connectivity index (χ0n) is 9.65. The van der Waals surface area contributed by atoms with Crippen LogP contribution in [0.2, 0.25) is 0 Å². The number of carbonyl (C=O) groups excluding carboxylic acids is 2. The summed E-state index contributed by atoms with van der Waals surface area (Å²) in [6.07, 6.45) is -0.138. The van der Waals surface area contributed by atoms with Crippen molar-refractivity contribution in [3.05, 3.63) is 29.3 Å². The van der Waals surface area contributed by atoms with E-state index >= 15 is 0 Å². The molecule has 1 N–H and O–H groups in total. The van der Waals surface area contributed by atoms with Gasteiger partial charge >= 0.3 is 5.97 Å². The van der Waals surface area contributed by atoms with Crippen LogP contribution in [0.25, 0.3) is 0 Å². The van der Waals surface area contributed by atoms with Gasteiger partial charge < -0.3 is 10.0 Å². The second-order valence-electron chi connectivity index (χ2n) is 4.07. The number of nitrogens with zero attached hydrogens (tertiary/aromatic N) is 1. The van der Waals surface area contributed by atoms with Crippen molar-refractivity contribution in [2.75, 3.05) is 11.4 Å². The highest BCUT2D eigenvalue weighted by atomic mass is 19.1. The molecule has 0 aromatic heterocycles. The summed E-state index contributed by atoms with van der Waals surface area (Å²) < 4.78 is 26.6. The number of hydrogen-bond acceptors (Lipinski definition) is 3. The van der Waals surface area contributed by atoms with E-state index in [-0.39, 0.29) is 30.6 Å². The van der Waals surface area contributed by atoms with Gasteiger partial charge in [0.25, 0.3) is 11.7 Å². The van der Waals surface area contributed by atoms with Gasteiger partial charge in [-0.25, -0.2) is 8.78 Å². The van der Waals surface area contributed by atoms with E-state index < -0.39 is 29.3 Å². The van der Waals surface area contributed by atoms with Crippen LogP contribution in [0, 0.1) is 11.6 Å². The molecule has 7 heteroatoms. The van der Waals surface area contributed by atoms with Gasteiger partial charge in [-0.2, -0.15) is 0 Å². The number of aliphatic carboxylic acids is 1. The lowest BCUT2D eigenvalue weighted by Gasteiger charge is -2.16. The Morgan fingerprint density at radius 1 is 1.26 bits per heavy atom. The zero-order valence-corrected chi connectivity index (χ0v) is 9.65. The van der Waals surface area contributed by atoms with Crippen molar-refractivity contribution >= 4 is 23.3 Å². The molecule has 19 heavy (non-hydrogen) atoms. The van der Waals surface area contributed by atoms with E-state index in [2.05, 4.69) is 0 Å². The summed E-state index contributed by atoms with van der Waals surface area (Å²) in [4.78, 5) is 34.4. The number of carboxylic acids is 1. The highest BCUT2D eigenvalue weighted by Crippen LogP contribution is 2.32. The first kappa shape index (κ1) is 13.1. The van der Waals surface area contributed by atoms with Crippen molar-refractivity contribution in [3.8, 4) is 0 Å². The van der Waals surface area contributed by atoms with Gasteiger partial charge in [0, 0.05) is 19.0 Å². The Morgan fingerprint density at radius 2 is 1.95 bits per heavy atom. The fourth-order valence-electron chi connectivity index (χ4n) is 1.95. The predicted molar refractivity (Wildman–Crippen MR) is 59.9 cm³/mol. The smallest absolute Gasteiger partial charge is 0.303 e. The molecule has 0 aliphatic carbocycles. The van der Waals surface area contributed by atoms with Gasteiger partial charge in [0.05, 0.1) is 11.3 Å². The minimum absolute atomic E-state index is 0.0740. The molecule has 2 rings (SSSR count). The summed E-state index contributed by atoms with van der Waals surface area (Å²) in [5, 5.41) is 8.50. The van der Waals surface area contributed by atoms with E-state index in [1.165, 1.54) is 0 Å². The fourth-order valence-corrected chi connectivity index (χ4v) is 1.95. The van der Waals surface area contributed by atoms with Crippen LogP contribution < -0.4 is 4.90 Å². The topological polar surface area (TPSA) is 74.7 Å². The van der Waals surface area contributed by atoms with Crippen molar-refractivity contribution in [2.45, 2.75) is 12.8 Å². The Bertz CT molecular complexity index is 585. The Balaban J connectivity index is 2.31. The molecule has 5 nitrogen and oxygen atoms in total. The molecule has 1 amide bonds. The minimum Gasteiger partial charge on any atom is -0.481 e. The van der Waals surface area contributed by atoms with Crippen LogP contribution >= 0.6 is 0 Å². The second kappa shape index (κ2) is 4.75. The van der Waals surface area contributed by atoms with Gasteiger partial charge in [-0.1, -0.05) is 0 Å². The van der Waals surface area contributed by atoms with Gasteiger partial charge in [0.1, 0.15) is 5.82 Å². The van der Waals surface area contributed by atoms with Crippen LogP contribution in [0.5, 0.6) is 0 Å². The molecule has 0 saturated heterocycles. The highest BCUT2D eigenvalue weighted by Gasteiger charge is 2.38. The van der Waals surface area contributed by atoms with Crippen LogP contribution in [-0.4, -0.2) is 29.3 Å². The maximum absolute atomic E-state index is 13.6. The number of rotatable bonds is 4. The molecule has 0 radical (unpaired) electrons. The quantitative estimate of drug-likeness (QED) is 0.837. The molecule has 1 aromatic carbocycles. The molecule has 0 spiro atoms. The molecule has 1 aliphatic heterocycles. The van der Waals surface area contributed by atoms with Crippen molar-refractivity contribution in [1.29, 1.82) is 0 Å². The molecule has 1 aromatic rings. The van der Waals surface area contributed by atoms with Crippen LogP contribution in [0.1, 0.15) is 23.2 Å². The van der Waals surface area contributed by atoms with Gasteiger partial charge in [0.2, 0.25) is 0 Å². The van der Waals surface area contributed by atoms with Crippen LogP contribution in [0.4, 0.5) is 14.5 Å². The number of amides is 1. The number of Topliss-reactive ketones (excluding diaryl/α,β-unsaturated/α-hetero) is 1. The first-order valence-corrected chi connectivity index (χ1v) is 5.49. The number of halogens is 2. The molecular weight excluding hydrogens is 260 g/mol. The van der Waals surface area contributed by atoms with Gasteiger partial charge in [0.15, 0.2) is 5.82 Å². The lowest BCUT2D eigenvalue weighted by molar-refractivity contribution is -0.137. The molecule has 0 saturated carbocycles. The number of benzene rings is 1. The molecule has 1 heterocycles. The second-order valence-corrected chi connectivity index (χ2v) is 4.07. The number of carbonyl (C=O) groups is 3. The SMILES string of the molecule is O=C(O)CCCN1C(=O)C(=O)c2cc(F)cc(F)c21. The average molecular weight is 269 g/mol. The molecule has 0 atom stereocenters. The first-order chi connectivity index (χ1) is 8.91. The predicted octanol–water partition coefficient (Wildman–Crippen LogP) is 1.36. The Hall–Kier alpha value is -2.31. The van der Waals surface area contributed by atoms with Crippen LogP contribution in [0.15, 0.2) is 12.1 Å².